The average Bonchev–Trinajstić information content (AvgIpc) is 2.79. The van der Waals surface area contributed by atoms with Crippen molar-refractivity contribution in [2.45, 2.75) is 38.5 Å². The Bertz CT molecular complexity index is 857. The Morgan fingerprint density at radius 3 is 1.97 bits per heavy atom. The summed E-state index contributed by atoms with van der Waals surface area (Å²) in [5.74, 6) is 1.85. The minimum Gasteiger partial charge on any atom is -0.508 e. The second-order valence-electron chi connectivity index (χ2n) is 7.84. The molecule has 2 aliphatic heterocycles. The summed E-state index contributed by atoms with van der Waals surface area (Å²) >= 11 is 0. The van der Waals surface area contributed by atoms with E-state index in [4.69, 9.17) is 4.98 Å². The van der Waals surface area contributed by atoms with Gasteiger partial charge in [0, 0.05) is 44.9 Å². The van der Waals surface area contributed by atoms with Crippen LogP contribution in [-0.4, -0.2) is 64.6 Å². The first-order valence-corrected chi connectivity index (χ1v) is 10.7. The van der Waals surface area contributed by atoms with Crippen molar-refractivity contribution in [3.05, 3.63) is 23.8 Å². The van der Waals surface area contributed by atoms with E-state index in [1.807, 2.05) is 0 Å². The second kappa shape index (κ2) is 9.15. The summed E-state index contributed by atoms with van der Waals surface area (Å²) in [6.45, 7) is 3.82. The van der Waals surface area contributed by atoms with E-state index in [-0.39, 0.29) is 11.5 Å². The molecule has 2 aliphatic rings. The molecule has 9 nitrogen and oxygen atoms in total. The van der Waals surface area contributed by atoms with Crippen LogP contribution in [0.2, 0.25) is 0 Å². The molecule has 160 valence electrons. The number of hydrogen-bond acceptors (Lipinski definition) is 9. The molecule has 1 aromatic carbocycles. The van der Waals surface area contributed by atoms with E-state index in [9.17, 15) is 10.2 Å². The topological polar surface area (TPSA) is 101 Å². The Kier molecular flexibility index (Phi) is 6.15. The highest BCUT2D eigenvalue weighted by Crippen LogP contribution is 2.24. The van der Waals surface area contributed by atoms with Gasteiger partial charge in [-0.05, 0) is 50.7 Å². The number of hydrazone groups is 1. The summed E-state index contributed by atoms with van der Waals surface area (Å²) in [5.41, 5.74) is 0.501. The van der Waals surface area contributed by atoms with Gasteiger partial charge in [-0.25, -0.2) is 5.01 Å². The third-order valence-corrected chi connectivity index (χ3v) is 5.55. The average molecular weight is 412 g/mol. The van der Waals surface area contributed by atoms with Gasteiger partial charge in [-0.15, -0.1) is 0 Å². The minimum absolute atomic E-state index is 0.00724. The quantitative estimate of drug-likeness (QED) is 0.572. The number of phenols is 2. The normalized spacial score (nSPS) is 17.5. The van der Waals surface area contributed by atoms with Crippen LogP contribution in [0.15, 0.2) is 23.3 Å². The molecule has 2 aromatic rings. The van der Waals surface area contributed by atoms with Crippen molar-refractivity contribution >= 4 is 24.1 Å². The van der Waals surface area contributed by atoms with Crippen molar-refractivity contribution in [3.8, 4) is 11.5 Å². The van der Waals surface area contributed by atoms with Crippen molar-refractivity contribution < 1.29 is 10.2 Å². The molecule has 2 fully saturated rings. The molecule has 0 atom stereocenters. The highest BCUT2D eigenvalue weighted by molar-refractivity contribution is 5.84. The summed E-state index contributed by atoms with van der Waals surface area (Å²) in [6.07, 6.45) is 8.60. The van der Waals surface area contributed by atoms with Gasteiger partial charge in [0.25, 0.3) is 5.95 Å². The zero-order chi connectivity index (χ0) is 20.9. The fraction of sp³-hybridized carbons (Fsp3) is 0.524. The maximum absolute atomic E-state index is 9.98. The molecule has 0 aliphatic carbocycles. The van der Waals surface area contributed by atoms with Gasteiger partial charge in [0.05, 0.1) is 6.21 Å². The van der Waals surface area contributed by atoms with Gasteiger partial charge in [0.1, 0.15) is 11.5 Å². The van der Waals surface area contributed by atoms with E-state index in [1.165, 1.54) is 31.2 Å². The molecule has 2 saturated heterocycles. The van der Waals surface area contributed by atoms with Gasteiger partial charge in [-0.1, -0.05) is 0 Å². The molecule has 4 rings (SSSR count). The predicted molar refractivity (Wildman–Crippen MR) is 118 cm³/mol. The molecule has 9 heteroatoms. The van der Waals surface area contributed by atoms with Gasteiger partial charge in [0.2, 0.25) is 11.9 Å². The number of phenolic OH excluding ortho intramolecular Hbond substituents is 2. The monoisotopic (exact) mass is 411 g/mol. The SMILES string of the molecule is CN(N=Cc1ccc(O)cc1O)c1nc(N2CCCCC2)nc(N2CCCCC2)n1. The summed E-state index contributed by atoms with van der Waals surface area (Å²) < 4.78 is 0. The van der Waals surface area contributed by atoms with Crippen LogP contribution < -0.4 is 14.8 Å². The number of aromatic hydroxyl groups is 2. The highest BCUT2D eigenvalue weighted by atomic mass is 16.3. The van der Waals surface area contributed by atoms with Crippen molar-refractivity contribution in [1.29, 1.82) is 0 Å². The first-order valence-electron chi connectivity index (χ1n) is 10.7. The molecular formula is C21H29N7O2. The Morgan fingerprint density at radius 2 is 1.43 bits per heavy atom. The van der Waals surface area contributed by atoms with E-state index in [0.29, 0.717) is 23.4 Å². The first kappa shape index (κ1) is 20.2. The zero-order valence-electron chi connectivity index (χ0n) is 17.4. The molecule has 30 heavy (non-hydrogen) atoms. The summed E-state index contributed by atoms with van der Waals surface area (Å²) in [5, 5.41) is 25.4. The van der Waals surface area contributed by atoms with E-state index in [2.05, 4.69) is 24.9 Å². The van der Waals surface area contributed by atoms with E-state index < -0.39 is 0 Å². The molecule has 0 radical (unpaired) electrons. The maximum Gasteiger partial charge on any atom is 0.252 e. The summed E-state index contributed by atoms with van der Waals surface area (Å²) in [7, 11) is 1.78. The molecule has 3 heterocycles. The molecule has 0 spiro atoms. The number of aromatic nitrogens is 3. The van der Waals surface area contributed by atoms with Crippen LogP contribution in [0.4, 0.5) is 17.8 Å². The summed E-state index contributed by atoms with van der Waals surface area (Å²) in [4.78, 5) is 18.6. The first-order chi connectivity index (χ1) is 14.6. The van der Waals surface area contributed by atoms with E-state index in [1.54, 1.807) is 18.1 Å². The van der Waals surface area contributed by atoms with Gasteiger partial charge in [-0.3, -0.25) is 0 Å². The smallest absolute Gasteiger partial charge is 0.252 e. The maximum atomic E-state index is 9.98. The lowest BCUT2D eigenvalue weighted by atomic mass is 10.1. The number of anilines is 3. The van der Waals surface area contributed by atoms with Gasteiger partial charge in [0.15, 0.2) is 0 Å². The van der Waals surface area contributed by atoms with Gasteiger partial charge in [-0.2, -0.15) is 20.1 Å². The number of rotatable bonds is 5. The zero-order valence-corrected chi connectivity index (χ0v) is 17.4. The number of nitrogens with zero attached hydrogens (tertiary/aromatic N) is 7. The van der Waals surface area contributed by atoms with Crippen LogP contribution in [0.1, 0.15) is 44.1 Å². The Balaban J connectivity index is 1.61. The van der Waals surface area contributed by atoms with Crippen LogP contribution in [0.5, 0.6) is 11.5 Å². The van der Waals surface area contributed by atoms with E-state index in [0.717, 1.165) is 51.9 Å². The van der Waals surface area contributed by atoms with Crippen molar-refractivity contribution in [2.75, 3.05) is 48.0 Å². The molecule has 0 amide bonds. The standard InChI is InChI=1S/C21H29N7O2/c1-26(22-15-16-8-9-17(29)14-18(16)30)19-23-20(27-10-4-2-5-11-27)25-21(24-19)28-12-6-3-7-13-28/h8-9,14-15,29-30H,2-7,10-13H2,1H3. The predicted octanol–water partition coefficient (Wildman–Crippen LogP) is 2.73. The fourth-order valence-electron chi connectivity index (χ4n) is 3.80. The molecular weight excluding hydrogens is 382 g/mol. The van der Waals surface area contributed by atoms with Gasteiger partial charge < -0.3 is 20.0 Å². The Labute approximate surface area is 176 Å². The lowest BCUT2D eigenvalue weighted by molar-refractivity contribution is 0.450. The molecule has 0 saturated carbocycles. The van der Waals surface area contributed by atoms with Crippen LogP contribution >= 0.6 is 0 Å². The molecule has 2 N–H and O–H groups in total. The number of piperidine rings is 2. The van der Waals surface area contributed by atoms with Crippen LogP contribution in [0.3, 0.4) is 0 Å². The lowest BCUT2D eigenvalue weighted by Crippen LogP contribution is -2.35. The van der Waals surface area contributed by atoms with Crippen LogP contribution in [0, 0.1) is 0 Å². The molecule has 1 aromatic heterocycles. The molecule has 0 unspecified atom stereocenters. The Morgan fingerprint density at radius 1 is 0.867 bits per heavy atom. The highest BCUT2D eigenvalue weighted by Gasteiger charge is 2.21. The number of hydrogen-bond donors (Lipinski definition) is 2. The van der Waals surface area contributed by atoms with Crippen LogP contribution in [0.25, 0.3) is 0 Å². The van der Waals surface area contributed by atoms with E-state index >= 15 is 0 Å². The third-order valence-electron chi connectivity index (χ3n) is 5.55. The fourth-order valence-corrected chi connectivity index (χ4v) is 3.80. The summed E-state index contributed by atoms with van der Waals surface area (Å²) in [6, 6.07) is 4.40. The van der Waals surface area contributed by atoms with Crippen molar-refractivity contribution in [3.63, 3.8) is 0 Å². The Hall–Kier alpha value is -3.10. The van der Waals surface area contributed by atoms with Crippen molar-refractivity contribution in [2.24, 2.45) is 5.10 Å². The second-order valence-corrected chi connectivity index (χ2v) is 7.84. The minimum atomic E-state index is -0.0363. The van der Waals surface area contributed by atoms with Crippen molar-refractivity contribution in [1.82, 2.24) is 15.0 Å². The molecule has 0 bridgehead atoms. The third kappa shape index (κ3) is 4.72. The van der Waals surface area contributed by atoms with Gasteiger partial charge >= 0.3 is 0 Å². The largest absolute Gasteiger partial charge is 0.508 e. The lowest BCUT2D eigenvalue weighted by Gasteiger charge is -2.30. The van der Waals surface area contributed by atoms with Crippen LogP contribution in [-0.2, 0) is 0 Å². The number of benzene rings is 1.